The lowest BCUT2D eigenvalue weighted by Crippen LogP contribution is -2.36. The van der Waals surface area contributed by atoms with E-state index < -0.39 is 0 Å². The van der Waals surface area contributed by atoms with E-state index in [1.807, 2.05) is 11.3 Å². The highest BCUT2D eigenvalue weighted by Crippen LogP contribution is 2.39. The van der Waals surface area contributed by atoms with Gasteiger partial charge in [-0.3, -0.25) is 4.90 Å². The van der Waals surface area contributed by atoms with Crippen LogP contribution in [-0.4, -0.2) is 54.3 Å². The van der Waals surface area contributed by atoms with E-state index in [1.165, 1.54) is 34.4 Å². The molecule has 2 aliphatic rings. The lowest BCUT2D eigenvalue weighted by Gasteiger charge is -2.25. The maximum atomic E-state index is 13.0. The maximum absolute atomic E-state index is 13.0. The van der Waals surface area contributed by atoms with E-state index in [-0.39, 0.29) is 5.82 Å². The van der Waals surface area contributed by atoms with Gasteiger partial charge in [-0.25, -0.2) is 14.4 Å². The van der Waals surface area contributed by atoms with Crippen molar-refractivity contribution in [2.45, 2.75) is 25.8 Å². The highest BCUT2D eigenvalue weighted by molar-refractivity contribution is 7.19. The number of rotatable bonds is 7. The third-order valence-electron chi connectivity index (χ3n) is 5.56. The highest BCUT2D eigenvalue weighted by atomic mass is 32.1. The second kappa shape index (κ2) is 8.83. The number of nitrogens with zero attached hydrogens (tertiary/aromatic N) is 3. The lowest BCUT2D eigenvalue weighted by molar-refractivity contribution is 0.0331. The van der Waals surface area contributed by atoms with Gasteiger partial charge in [0.25, 0.3) is 0 Å². The number of aryl methyl sites for hydroxylation is 2. The van der Waals surface area contributed by atoms with Gasteiger partial charge in [0, 0.05) is 18.0 Å². The maximum Gasteiger partial charge on any atom is 0.146 e. The van der Waals surface area contributed by atoms with Crippen LogP contribution in [-0.2, 0) is 24.1 Å². The summed E-state index contributed by atoms with van der Waals surface area (Å²) in [6.07, 6.45) is 3.45. The summed E-state index contributed by atoms with van der Waals surface area (Å²) in [6, 6.07) is 6.10. The van der Waals surface area contributed by atoms with Crippen molar-refractivity contribution in [3.63, 3.8) is 0 Å². The molecule has 0 radical (unpaired) electrons. The summed E-state index contributed by atoms with van der Waals surface area (Å²) in [6.45, 7) is 5.19. The van der Waals surface area contributed by atoms with Crippen LogP contribution in [0.15, 0.2) is 24.3 Å². The molecule has 1 saturated heterocycles. The fraction of sp³-hybridized carbons (Fsp3) is 0.455. The number of fused-ring (bicyclic) bond motifs is 3. The number of anilines is 1. The zero-order chi connectivity index (χ0) is 20.3. The van der Waals surface area contributed by atoms with Gasteiger partial charge in [-0.2, -0.15) is 0 Å². The molecule has 0 amide bonds. The van der Waals surface area contributed by atoms with Crippen LogP contribution >= 0.6 is 11.3 Å². The summed E-state index contributed by atoms with van der Waals surface area (Å²) in [5.41, 5.74) is 1.41. The van der Waals surface area contributed by atoms with Crippen molar-refractivity contribution in [3.05, 3.63) is 46.3 Å². The van der Waals surface area contributed by atoms with Crippen molar-refractivity contribution >= 4 is 27.4 Å². The van der Waals surface area contributed by atoms with Crippen molar-refractivity contribution in [2.24, 2.45) is 0 Å². The molecule has 6 nitrogen and oxygen atoms in total. The van der Waals surface area contributed by atoms with E-state index in [0.717, 1.165) is 62.2 Å². The topological polar surface area (TPSA) is 59.5 Å². The molecule has 158 valence electrons. The number of ether oxygens (including phenoxy) is 2. The minimum atomic E-state index is -0.261. The molecule has 3 aromatic rings. The molecule has 1 aromatic carbocycles. The van der Waals surface area contributed by atoms with Crippen molar-refractivity contribution in [1.29, 1.82) is 0 Å². The number of benzene rings is 1. The number of morpholine rings is 1. The van der Waals surface area contributed by atoms with E-state index in [2.05, 4.69) is 10.2 Å². The SMILES string of the molecule is Fc1ccc(OCCNc2nc(CN3CCOCC3)nc3sc4c(c23)CCC4)cc1. The minimum absolute atomic E-state index is 0.261. The molecule has 8 heteroatoms. The standard InChI is InChI=1S/C22H25FN4O2S/c23-15-4-6-16(7-5-15)29-11-8-24-21-20-17-2-1-3-18(17)30-22(20)26-19(25-21)14-27-9-12-28-13-10-27/h4-7H,1-3,8-14H2,(H,24,25,26). The summed E-state index contributed by atoms with van der Waals surface area (Å²) in [5.74, 6) is 2.16. The van der Waals surface area contributed by atoms with Crippen LogP contribution in [0.2, 0.25) is 0 Å². The molecular formula is C22H25FN4O2S. The zero-order valence-corrected chi connectivity index (χ0v) is 17.6. The third kappa shape index (κ3) is 4.26. The van der Waals surface area contributed by atoms with E-state index in [1.54, 1.807) is 12.1 Å². The number of hydrogen-bond acceptors (Lipinski definition) is 7. The molecule has 3 heterocycles. The van der Waals surface area contributed by atoms with Crippen LogP contribution in [0.4, 0.5) is 10.2 Å². The Kier molecular flexibility index (Phi) is 5.79. The fourth-order valence-electron chi connectivity index (χ4n) is 4.07. The van der Waals surface area contributed by atoms with Gasteiger partial charge in [0.15, 0.2) is 0 Å². The number of halogens is 1. The van der Waals surface area contributed by atoms with Gasteiger partial charge in [0.2, 0.25) is 0 Å². The van der Waals surface area contributed by atoms with E-state index in [9.17, 15) is 4.39 Å². The van der Waals surface area contributed by atoms with Gasteiger partial charge in [-0.1, -0.05) is 0 Å². The Labute approximate surface area is 179 Å². The van der Waals surface area contributed by atoms with Gasteiger partial charge in [0.05, 0.1) is 31.7 Å². The molecule has 1 fully saturated rings. The van der Waals surface area contributed by atoms with Crippen LogP contribution in [0, 0.1) is 5.82 Å². The van der Waals surface area contributed by atoms with Crippen molar-refractivity contribution in [1.82, 2.24) is 14.9 Å². The van der Waals surface area contributed by atoms with Gasteiger partial charge in [0.1, 0.15) is 34.6 Å². The predicted molar refractivity (Wildman–Crippen MR) is 116 cm³/mol. The van der Waals surface area contributed by atoms with Gasteiger partial charge in [-0.15, -0.1) is 11.3 Å². The Morgan fingerprint density at radius 1 is 1.13 bits per heavy atom. The Hall–Kier alpha value is -2.29. The second-order valence-corrected chi connectivity index (χ2v) is 8.73. The quantitative estimate of drug-likeness (QED) is 0.580. The molecule has 1 aliphatic heterocycles. The Morgan fingerprint density at radius 2 is 1.97 bits per heavy atom. The summed E-state index contributed by atoms with van der Waals surface area (Å²) in [7, 11) is 0. The molecule has 30 heavy (non-hydrogen) atoms. The summed E-state index contributed by atoms with van der Waals surface area (Å²) in [4.78, 5) is 14.7. The zero-order valence-electron chi connectivity index (χ0n) is 16.8. The number of aromatic nitrogens is 2. The van der Waals surface area contributed by atoms with Crippen LogP contribution in [0.5, 0.6) is 5.75 Å². The highest BCUT2D eigenvalue weighted by Gasteiger charge is 2.23. The first-order chi connectivity index (χ1) is 14.8. The molecular weight excluding hydrogens is 403 g/mol. The molecule has 0 unspecified atom stereocenters. The number of hydrogen-bond donors (Lipinski definition) is 1. The van der Waals surface area contributed by atoms with Gasteiger partial charge in [-0.05, 0) is 49.1 Å². The van der Waals surface area contributed by atoms with Crippen LogP contribution < -0.4 is 10.1 Å². The van der Waals surface area contributed by atoms with E-state index in [4.69, 9.17) is 19.4 Å². The second-order valence-electron chi connectivity index (χ2n) is 7.64. The Morgan fingerprint density at radius 3 is 2.80 bits per heavy atom. The molecule has 0 saturated carbocycles. The van der Waals surface area contributed by atoms with Gasteiger partial charge < -0.3 is 14.8 Å². The molecule has 5 rings (SSSR count). The summed E-state index contributed by atoms with van der Waals surface area (Å²) < 4.78 is 24.2. The molecule has 0 spiro atoms. The normalized spacial score (nSPS) is 16.7. The molecule has 0 atom stereocenters. The molecule has 0 bridgehead atoms. The van der Waals surface area contributed by atoms with Gasteiger partial charge >= 0.3 is 0 Å². The van der Waals surface area contributed by atoms with Crippen LogP contribution in [0.3, 0.4) is 0 Å². The van der Waals surface area contributed by atoms with Crippen molar-refractivity contribution in [3.8, 4) is 5.75 Å². The average Bonchev–Trinajstić information content (AvgIpc) is 3.34. The summed E-state index contributed by atoms with van der Waals surface area (Å²) >= 11 is 1.81. The van der Waals surface area contributed by atoms with Crippen molar-refractivity contribution < 1.29 is 13.9 Å². The number of thiophene rings is 1. The smallest absolute Gasteiger partial charge is 0.146 e. The first-order valence-electron chi connectivity index (χ1n) is 10.5. The third-order valence-corrected chi connectivity index (χ3v) is 6.74. The van der Waals surface area contributed by atoms with E-state index in [0.29, 0.717) is 18.9 Å². The molecule has 1 aliphatic carbocycles. The largest absolute Gasteiger partial charge is 0.492 e. The average molecular weight is 429 g/mol. The Balaban J connectivity index is 1.32. The monoisotopic (exact) mass is 428 g/mol. The van der Waals surface area contributed by atoms with E-state index >= 15 is 0 Å². The first kappa shape index (κ1) is 19.7. The van der Waals surface area contributed by atoms with Crippen LogP contribution in [0.25, 0.3) is 10.2 Å². The lowest BCUT2D eigenvalue weighted by atomic mass is 10.2. The van der Waals surface area contributed by atoms with Crippen molar-refractivity contribution in [2.75, 3.05) is 44.8 Å². The molecule has 2 aromatic heterocycles. The first-order valence-corrected chi connectivity index (χ1v) is 11.3. The minimum Gasteiger partial charge on any atom is -0.492 e. The fourth-order valence-corrected chi connectivity index (χ4v) is 5.35. The predicted octanol–water partition coefficient (Wildman–Crippen LogP) is 3.64. The van der Waals surface area contributed by atoms with Crippen LogP contribution in [0.1, 0.15) is 22.7 Å². The number of nitrogens with one attached hydrogen (secondary N) is 1. The Bertz CT molecular complexity index is 1020. The summed E-state index contributed by atoms with van der Waals surface area (Å²) in [5, 5.41) is 4.66. The molecule has 1 N–H and O–H groups in total.